The molecule has 0 spiro atoms. The van der Waals surface area contributed by atoms with Crippen LogP contribution in [0.15, 0.2) is 82.6 Å². The van der Waals surface area contributed by atoms with Crippen LogP contribution in [0.4, 0.5) is 24.0 Å². The second-order valence-corrected chi connectivity index (χ2v) is 10.0. The minimum absolute atomic E-state index is 0.0162. The number of carbonyl (C=O) groups excluding carboxylic acids is 1. The van der Waals surface area contributed by atoms with Crippen LogP contribution in [0.2, 0.25) is 0 Å². The smallest absolute Gasteiger partial charge is 0.416 e. The van der Waals surface area contributed by atoms with Gasteiger partial charge in [0.25, 0.3) is 5.91 Å². The molecule has 4 aromatic rings. The maximum Gasteiger partial charge on any atom is 0.416 e. The lowest BCUT2D eigenvalue weighted by atomic mass is 10.1. The first-order valence-electron chi connectivity index (χ1n) is 11.4. The summed E-state index contributed by atoms with van der Waals surface area (Å²) >= 11 is 4.78. The third-order valence-electron chi connectivity index (χ3n) is 5.55. The van der Waals surface area contributed by atoms with Gasteiger partial charge in [0, 0.05) is 33.2 Å². The lowest BCUT2D eigenvalue weighted by molar-refractivity contribution is -0.138. The van der Waals surface area contributed by atoms with Gasteiger partial charge in [0.05, 0.1) is 24.2 Å². The predicted molar refractivity (Wildman–Crippen MR) is 144 cm³/mol. The van der Waals surface area contributed by atoms with Crippen molar-refractivity contribution < 1.29 is 27.9 Å². The molecule has 1 heterocycles. The van der Waals surface area contributed by atoms with Gasteiger partial charge in [-0.15, -0.1) is 11.3 Å². The second-order valence-electron chi connectivity index (χ2n) is 8.25. The molecule has 1 aromatic heterocycles. The van der Waals surface area contributed by atoms with Gasteiger partial charge in [-0.1, -0.05) is 40.2 Å². The van der Waals surface area contributed by atoms with Crippen LogP contribution in [0, 0.1) is 0 Å². The van der Waals surface area contributed by atoms with E-state index in [1.54, 1.807) is 24.3 Å². The maximum absolute atomic E-state index is 13.1. The van der Waals surface area contributed by atoms with Crippen molar-refractivity contribution in [2.75, 3.05) is 11.4 Å². The molecule has 4 rings (SSSR count). The molecule has 0 unspecified atom stereocenters. The van der Waals surface area contributed by atoms with Gasteiger partial charge in [0.1, 0.15) is 0 Å². The molecule has 196 valence electrons. The molecule has 0 saturated heterocycles. The molecule has 0 saturated carbocycles. The van der Waals surface area contributed by atoms with Crippen molar-refractivity contribution in [1.29, 1.82) is 0 Å². The van der Waals surface area contributed by atoms with Crippen LogP contribution in [0.5, 0.6) is 0 Å². The van der Waals surface area contributed by atoms with Gasteiger partial charge in [-0.2, -0.15) is 13.2 Å². The fourth-order valence-electron chi connectivity index (χ4n) is 3.57. The van der Waals surface area contributed by atoms with E-state index in [1.165, 1.54) is 23.5 Å². The summed E-state index contributed by atoms with van der Waals surface area (Å²) in [7, 11) is 0. The van der Waals surface area contributed by atoms with Crippen LogP contribution >= 0.6 is 27.3 Å². The number of aromatic nitrogens is 1. The van der Waals surface area contributed by atoms with Crippen LogP contribution in [0.25, 0.3) is 11.3 Å². The fraction of sp³-hybridized carbons (Fsp3) is 0.148. The summed E-state index contributed by atoms with van der Waals surface area (Å²) in [5, 5.41) is 13.8. The van der Waals surface area contributed by atoms with Crippen molar-refractivity contribution in [2.24, 2.45) is 0 Å². The highest BCUT2D eigenvalue weighted by Gasteiger charge is 2.30. The standard InChI is InChI=1S/C27H21BrF3N3O3S/c28-21-9-5-18(6-10-21)23-16-38-26(33-23)34(22-11-7-20(8-12-22)27(29,30)31)15-17-1-3-19(4-2-17)25(37)32-14-13-24(35)36/h1-12,16H,13-15H2,(H,32,37)(H,35,36). The number of benzene rings is 3. The lowest BCUT2D eigenvalue weighted by Gasteiger charge is -2.23. The van der Waals surface area contributed by atoms with Crippen molar-refractivity contribution in [3.8, 4) is 11.3 Å². The van der Waals surface area contributed by atoms with Gasteiger partial charge >= 0.3 is 12.1 Å². The number of anilines is 2. The van der Waals surface area contributed by atoms with E-state index in [4.69, 9.17) is 10.1 Å². The Hall–Kier alpha value is -3.70. The first-order chi connectivity index (χ1) is 18.1. The zero-order valence-electron chi connectivity index (χ0n) is 19.7. The van der Waals surface area contributed by atoms with Gasteiger partial charge in [0.2, 0.25) is 0 Å². The molecule has 6 nitrogen and oxygen atoms in total. The Morgan fingerprint density at radius 3 is 2.24 bits per heavy atom. The van der Waals surface area contributed by atoms with E-state index < -0.39 is 23.6 Å². The van der Waals surface area contributed by atoms with Crippen LogP contribution in [0.1, 0.15) is 27.9 Å². The number of hydrogen-bond acceptors (Lipinski definition) is 5. The topological polar surface area (TPSA) is 82.5 Å². The highest BCUT2D eigenvalue weighted by atomic mass is 79.9. The molecule has 0 radical (unpaired) electrons. The van der Waals surface area contributed by atoms with Crippen LogP contribution in [0.3, 0.4) is 0 Å². The third kappa shape index (κ3) is 6.99. The van der Waals surface area contributed by atoms with E-state index in [1.807, 2.05) is 34.5 Å². The highest BCUT2D eigenvalue weighted by Crippen LogP contribution is 2.36. The molecular weight excluding hydrogens is 583 g/mol. The number of halogens is 4. The maximum atomic E-state index is 13.1. The third-order valence-corrected chi connectivity index (χ3v) is 6.94. The molecule has 0 fully saturated rings. The summed E-state index contributed by atoms with van der Waals surface area (Å²) in [5.41, 5.74) is 2.60. The molecule has 0 bridgehead atoms. The SMILES string of the molecule is O=C(O)CCNC(=O)c1ccc(CN(c2ccc(C(F)(F)F)cc2)c2nc(-c3ccc(Br)cc3)cs2)cc1. The average Bonchev–Trinajstić information content (AvgIpc) is 3.37. The van der Waals surface area contributed by atoms with E-state index in [0.29, 0.717) is 22.9 Å². The molecular formula is C27H21BrF3N3O3S. The number of nitrogens with one attached hydrogen (secondary N) is 1. The number of carboxylic acids is 1. The molecule has 0 atom stereocenters. The van der Waals surface area contributed by atoms with Crippen molar-refractivity contribution in [1.82, 2.24) is 10.3 Å². The number of carbonyl (C=O) groups is 2. The minimum atomic E-state index is -4.44. The number of aliphatic carboxylic acids is 1. The molecule has 11 heteroatoms. The number of rotatable bonds is 9. The molecule has 0 aliphatic rings. The first-order valence-corrected chi connectivity index (χ1v) is 13.0. The Balaban J connectivity index is 1.59. The van der Waals surface area contributed by atoms with E-state index in [9.17, 15) is 22.8 Å². The van der Waals surface area contributed by atoms with Crippen LogP contribution in [-0.2, 0) is 17.5 Å². The number of hydrogen-bond donors (Lipinski definition) is 2. The molecule has 38 heavy (non-hydrogen) atoms. The summed E-state index contributed by atoms with van der Waals surface area (Å²) in [4.78, 5) is 29.5. The van der Waals surface area contributed by atoms with Gasteiger partial charge in [-0.25, -0.2) is 4.98 Å². The monoisotopic (exact) mass is 603 g/mol. The predicted octanol–water partition coefficient (Wildman–Crippen LogP) is 7.13. The Labute approximate surface area is 228 Å². The quantitative estimate of drug-likeness (QED) is 0.212. The van der Waals surface area contributed by atoms with Gasteiger partial charge < -0.3 is 15.3 Å². The van der Waals surface area contributed by atoms with E-state index in [0.717, 1.165) is 33.4 Å². The largest absolute Gasteiger partial charge is 0.481 e. The average molecular weight is 604 g/mol. The Morgan fingerprint density at radius 1 is 0.974 bits per heavy atom. The summed E-state index contributed by atoms with van der Waals surface area (Å²) in [6.45, 7) is 0.307. The number of alkyl halides is 3. The summed E-state index contributed by atoms with van der Waals surface area (Å²) in [5.74, 6) is -1.40. The van der Waals surface area contributed by atoms with E-state index in [-0.39, 0.29) is 13.0 Å². The second kappa shape index (κ2) is 11.8. The zero-order chi connectivity index (χ0) is 27.3. The molecule has 2 N–H and O–H groups in total. The highest BCUT2D eigenvalue weighted by molar-refractivity contribution is 9.10. The van der Waals surface area contributed by atoms with Crippen molar-refractivity contribution >= 4 is 50.0 Å². The fourth-order valence-corrected chi connectivity index (χ4v) is 4.69. The Morgan fingerprint density at radius 2 is 1.63 bits per heavy atom. The molecule has 3 aromatic carbocycles. The number of amides is 1. The molecule has 0 aliphatic heterocycles. The lowest BCUT2D eigenvalue weighted by Crippen LogP contribution is -2.26. The van der Waals surface area contributed by atoms with Gasteiger partial charge in [0.15, 0.2) is 5.13 Å². The number of thiazole rings is 1. The summed E-state index contributed by atoms with van der Waals surface area (Å²) in [6.07, 6.45) is -4.62. The van der Waals surface area contributed by atoms with Gasteiger partial charge in [-0.05, 0) is 54.1 Å². The normalized spacial score (nSPS) is 11.3. The van der Waals surface area contributed by atoms with E-state index in [2.05, 4.69) is 21.2 Å². The summed E-state index contributed by atoms with van der Waals surface area (Å²) in [6, 6.07) is 19.3. The Bertz CT molecular complexity index is 1410. The van der Waals surface area contributed by atoms with Crippen molar-refractivity contribution in [3.63, 3.8) is 0 Å². The van der Waals surface area contributed by atoms with E-state index >= 15 is 0 Å². The minimum Gasteiger partial charge on any atom is -0.481 e. The van der Waals surface area contributed by atoms with Gasteiger partial charge in [-0.3, -0.25) is 9.59 Å². The molecule has 0 aliphatic carbocycles. The van der Waals surface area contributed by atoms with Crippen molar-refractivity contribution in [3.05, 3.63) is 99.3 Å². The van der Waals surface area contributed by atoms with Crippen LogP contribution < -0.4 is 10.2 Å². The molecule has 1 amide bonds. The first kappa shape index (κ1) is 27.3. The zero-order valence-corrected chi connectivity index (χ0v) is 22.1. The number of carboxylic acid groups (broad SMARTS) is 1. The van der Waals surface area contributed by atoms with Crippen molar-refractivity contribution in [2.45, 2.75) is 19.1 Å². The summed E-state index contributed by atoms with van der Waals surface area (Å²) < 4.78 is 40.4. The Kier molecular flexibility index (Phi) is 8.48. The van der Waals surface area contributed by atoms with Crippen LogP contribution in [-0.4, -0.2) is 28.5 Å². The number of nitrogens with zero attached hydrogens (tertiary/aromatic N) is 2.